The summed E-state index contributed by atoms with van der Waals surface area (Å²) in [6.07, 6.45) is 4.28. The van der Waals surface area contributed by atoms with Gasteiger partial charge in [0.2, 0.25) is 0 Å². The summed E-state index contributed by atoms with van der Waals surface area (Å²) in [5.41, 5.74) is 1.30. The first kappa shape index (κ1) is 16.7. The van der Waals surface area contributed by atoms with E-state index in [1.807, 2.05) is 0 Å². The first-order valence-electron chi connectivity index (χ1n) is 9.01. The van der Waals surface area contributed by atoms with E-state index in [4.69, 9.17) is 0 Å². The minimum absolute atomic E-state index is 0.383. The number of nitrogens with zero attached hydrogens (tertiary/aromatic N) is 4. The summed E-state index contributed by atoms with van der Waals surface area (Å²) in [5.74, 6) is 2.81. The molecule has 1 aromatic heterocycles. The van der Waals surface area contributed by atoms with Crippen LogP contribution in [-0.4, -0.2) is 29.1 Å². The normalized spacial score (nSPS) is 18.0. The van der Waals surface area contributed by atoms with Gasteiger partial charge in [0, 0.05) is 31.7 Å². The summed E-state index contributed by atoms with van der Waals surface area (Å²) in [6.45, 7) is 9.81. The van der Waals surface area contributed by atoms with Crippen LogP contribution in [-0.2, 0) is 6.54 Å². The average molecular weight is 324 g/mol. The highest BCUT2D eigenvalue weighted by molar-refractivity contribution is 5.51. The molecule has 4 nitrogen and oxygen atoms in total. The Kier molecular flexibility index (Phi) is 5.34. The van der Waals surface area contributed by atoms with E-state index in [2.05, 4.69) is 76.9 Å². The highest BCUT2D eigenvalue weighted by Gasteiger charge is 2.20. The van der Waals surface area contributed by atoms with Gasteiger partial charge in [-0.05, 0) is 38.2 Å². The van der Waals surface area contributed by atoms with E-state index in [0.29, 0.717) is 6.04 Å². The standard InChI is InChI=1S/C20H28N4/c1-16(2)24(14-18-9-5-4-6-10-18)20-12-19(21-15-22-20)23-11-7-8-17(3)13-23/h4-6,9-10,12,15-17H,7-8,11,13-14H2,1-3H3. The molecule has 1 unspecified atom stereocenters. The number of benzene rings is 1. The zero-order valence-electron chi connectivity index (χ0n) is 15.0. The smallest absolute Gasteiger partial charge is 0.134 e. The summed E-state index contributed by atoms with van der Waals surface area (Å²) in [7, 11) is 0. The third-order valence-electron chi connectivity index (χ3n) is 4.73. The minimum atomic E-state index is 0.383. The molecule has 1 fully saturated rings. The van der Waals surface area contributed by atoms with E-state index < -0.39 is 0 Å². The number of hydrogen-bond acceptors (Lipinski definition) is 4. The van der Waals surface area contributed by atoms with Crippen LogP contribution in [0, 0.1) is 5.92 Å². The molecule has 1 saturated heterocycles. The lowest BCUT2D eigenvalue weighted by Crippen LogP contribution is -2.35. The third kappa shape index (κ3) is 4.05. The van der Waals surface area contributed by atoms with Crippen LogP contribution in [0.1, 0.15) is 39.2 Å². The molecule has 2 aromatic rings. The zero-order chi connectivity index (χ0) is 16.9. The first-order chi connectivity index (χ1) is 11.6. The van der Waals surface area contributed by atoms with E-state index >= 15 is 0 Å². The number of rotatable bonds is 5. The summed E-state index contributed by atoms with van der Waals surface area (Å²) in [6, 6.07) is 13.1. The molecule has 0 spiro atoms. The topological polar surface area (TPSA) is 32.3 Å². The van der Waals surface area contributed by atoms with Gasteiger partial charge < -0.3 is 9.80 Å². The van der Waals surface area contributed by atoms with Crippen molar-refractivity contribution in [2.24, 2.45) is 5.92 Å². The van der Waals surface area contributed by atoms with E-state index in [-0.39, 0.29) is 0 Å². The summed E-state index contributed by atoms with van der Waals surface area (Å²) < 4.78 is 0. The Morgan fingerprint density at radius 3 is 2.71 bits per heavy atom. The molecule has 0 N–H and O–H groups in total. The summed E-state index contributed by atoms with van der Waals surface area (Å²) in [5, 5.41) is 0. The monoisotopic (exact) mass is 324 g/mol. The Bertz CT molecular complexity index is 641. The quantitative estimate of drug-likeness (QED) is 0.828. The first-order valence-corrected chi connectivity index (χ1v) is 9.01. The third-order valence-corrected chi connectivity index (χ3v) is 4.73. The minimum Gasteiger partial charge on any atom is -0.356 e. The van der Waals surface area contributed by atoms with Crippen LogP contribution >= 0.6 is 0 Å². The Balaban J connectivity index is 1.82. The lowest BCUT2D eigenvalue weighted by Gasteiger charge is -2.33. The van der Waals surface area contributed by atoms with Crippen molar-refractivity contribution in [1.82, 2.24) is 9.97 Å². The van der Waals surface area contributed by atoms with E-state index in [1.165, 1.54) is 18.4 Å². The molecule has 1 aliphatic rings. The van der Waals surface area contributed by atoms with Crippen LogP contribution in [0.5, 0.6) is 0 Å². The number of piperidine rings is 1. The van der Waals surface area contributed by atoms with Crippen molar-refractivity contribution in [2.75, 3.05) is 22.9 Å². The van der Waals surface area contributed by atoms with Crippen molar-refractivity contribution >= 4 is 11.6 Å². The largest absolute Gasteiger partial charge is 0.356 e. The van der Waals surface area contributed by atoms with Gasteiger partial charge >= 0.3 is 0 Å². The van der Waals surface area contributed by atoms with Crippen LogP contribution in [0.15, 0.2) is 42.7 Å². The van der Waals surface area contributed by atoms with E-state index in [9.17, 15) is 0 Å². The van der Waals surface area contributed by atoms with E-state index in [1.54, 1.807) is 6.33 Å². The van der Waals surface area contributed by atoms with Gasteiger partial charge in [0.1, 0.15) is 18.0 Å². The molecule has 1 aromatic carbocycles. The molecule has 0 radical (unpaired) electrons. The van der Waals surface area contributed by atoms with Gasteiger partial charge in [0.25, 0.3) is 0 Å². The molecule has 0 bridgehead atoms. The lowest BCUT2D eigenvalue weighted by atomic mass is 10.0. The molecule has 1 aliphatic heterocycles. The molecular formula is C20H28N4. The molecule has 2 heterocycles. The van der Waals surface area contributed by atoms with Crippen molar-refractivity contribution in [1.29, 1.82) is 0 Å². The highest BCUT2D eigenvalue weighted by atomic mass is 15.2. The molecule has 128 valence electrons. The van der Waals surface area contributed by atoms with Crippen LogP contribution in [0.2, 0.25) is 0 Å². The highest BCUT2D eigenvalue weighted by Crippen LogP contribution is 2.25. The second-order valence-electron chi connectivity index (χ2n) is 7.14. The second kappa shape index (κ2) is 7.65. The molecule has 4 heteroatoms. The van der Waals surface area contributed by atoms with Crippen molar-refractivity contribution in [3.05, 3.63) is 48.3 Å². The fourth-order valence-electron chi connectivity index (χ4n) is 3.37. The number of anilines is 2. The Morgan fingerprint density at radius 2 is 2.00 bits per heavy atom. The predicted molar refractivity (Wildman–Crippen MR) is 100 cm³/mol. The summed E-state index contributed by atoms with van der Waals surface area (Å²) in [4.78, 5) is 13.8. The lowest BCUT2D eigenvalue weighted by molar-refractivity contribution is 0.444. The fourth-order valence-corrected chi connectivity index (χ4v) is 3.37. The number of aromatic nitrogens is 2. The predicted octanol–water partition coefficient (Wildman–Crippen LogP) is 4.13. The molecular weight excluding hydrogens is 296 g/mol. The van der Waals surface area contributed by atoms with Gasteiger partial charge in [-0.15, -0.1) is 0 Å². The SMILES string of the molecule is CC1CCCN(c2cc(N(Cc3ccccc3)C(C)C)ncn2)C1. The molecule has 3 rings (SSSR count). The Morgan fingerprint density at radius 1 is 1.21 bits per heavy atom. The van der Waals surface area contributed by atoms with Crippen LogP contribution in [0.4, 0.5) is 11.6 Å². The van der Waals surface area contributed by atoms with Crippen molar-refractivity contribution in [2.45, 2.75) is 46.2 Å². The maximum Gasteiger partial charge on any atom is 0.134 e. The van der Waals surface area contributed by atoms with Crippen LogP contribution in [0.3, 0.4) is 0 Å². The Labute approximate surface area is 145 Å². The zero-order valence-corrected chi connectivity index (χ0v) is 15.0. The maximum absolute atomic E-state index is 4.56. The fraction of sp³-hybridized carbons (Fsp3) is 0.500. The second-order valence-corrected chi connectivity index (χ2v) is 7.14. The van der Waals surface area contributed by atoms with Crippen molar-refractivity contribution in [3.8, 4) is 0 Å². The van der Waals surface area contributed by atoms with Gasteiger partial charge in [-0.3, -0.25) is 0 Å². The van der Waals surface area contributed by atoms with Crippen molar-refractivity contribution in [3.63, 3.8) is 0 Å². The number of hydrogen-bond donors (Lipinski definition) is 0. The van der Waals surface area contributed by atoms with Crippen molar-refractivity contribution < 1.29 is 0 Å². The van der Waals surface area contributed by atoms with Gasteiger partial charge in [-0.1, -0.05) is 37.3 Å². The van der Waals surface area contributed by atoms with Gasteiger partial charge in [0.05, 0.1) is 0 Å². The maximum atomic E-state index is 4.56. The van der Waals surface area contributed by atoms with Gasteiger partial charge in [-0.25, -0.2) is 9.97 Å². The molecule has 1 atom stereocenters. The van der Waals surface area contributed by atoms with Crippen LogP contribution < -0.4 is 9.80 Å². The summed E-state index contributed by atoms with van der Waals surface area (Å²) >= 11 is 0. The molecule has 0 aliphatic carbocycles. The van der Waals surface area contributed by atoms with Gasteiger partial charge in [0.15, 0.2) is 0 Å². The molecule has 0 saturated carbocycles. The molecule has 24 heavy (non-hydrogen) atoms. The average Bonchev–Trinajstić information content (AvgIpc) is 2.60. The Hall–Kier alpha value is -2.10. The van der Waals surface area contributed by atoms with Gasteiger partial charge in [-0.2, -0.15) is 0 Å². The van der Waals surface area contributed by atoms with Crippen LogP contribution in [0.25, 0.3) is 0 Å². The molecule has 0 amide bonds. The van der Waals surface area contributed by atoms with E-state index in [0.717, 1.165) is 37.2 Å².